The molecule has 0 heterocycles. The van der Waals surface area contributed by atoms with Gasteiger partial charge in [-0.2, -0.15) is 13.8 Å². The molecule has 0 atom stereocenters. The Balaban J connectivity index is -0.0000000332. The summed E-state index contributed by atoms with van der Waals surface area (Å²) >= 11 is 0. The molecule has 7 heteroatoms. The van der Waals surface area contributed by atoms with Crippen molar-refractivity contribution in [3.05, 3.63) is 0 Å². The smallest absolute Gasteiger partial charge is 0.0212 e. The molecule has 0 aliphatic carbocycles. The van der Waals surface area contributed by atoms with Gasteiger partial charge in [0.1, 0.15) is 0 Å². The molecule has 0 bridgehead atoms. The Labute approximate surface area is 144 Å². The van der Waals surface area contributed by atoms with Gasteiger partial charge in [-0.3, -0.25) is 17.1 Å². The van der Waals surface area contributed by atoms with Gasteiger partial charge in [0, 0.05) is 93.6 Å². The van der Waals surface area contributed by atoms with Crippen LogP contribution in [0, 0.1) is 0 Å². The first-order chi connectivity index (χ1) is 5.92. The van der Waals surface area contributed by atoms with Gasteiger partial charge in [0.15, 0.2) is 0 Å². The second-order valence-corrected chi connectivity index (χ2v) is 2.34. The molecule has 0 saturated heterocycles. The monoisotopic (exact) mass is 366 g/mol. The Bertz CT molecular complexity index is 118. The van der Waals surface area contributed by atoms with E-state index in [9.17, 15) is 0 Å². The molecule has 0 saturated carbocycles. The molecule has 5 nitrogen and oxygen atoms in total. The minimum absolute atomic E-state index is 0. The molecule has 0 fully saturated rings. The van der Waals surface area contributed by atoms with Crippen molar-refractivity contribution in [1.82, 2.24) is 10.0 Å². The molecule has 0 rings (SSSR count). The van der Waals surface area contributed by atoms with Crippen molar-refractivity contribution >= 4 is 12.5 Å². The molecule has 0 aromatic rings. The molecule has 2 radical (unpaired) electrons. The second-order valence-electron chi connectivity index (χ2n) is 2.34. The molecular formula is C8H20N4OY2-2. The maximum absolute atomic E-state index is 8.68. The third-order valence-electron chi connectivity index (χ3n) is 0.300. The third kappa shape index (κ3) is 148. The van der Waals surface area contributed by atoms with Crippen LogP contribution in [-0.4, -0.2) is 50.7 Å². The topological polar surface area (TPSA) is 61.9 Å². The van der Waals surface area contributed by atoms with Gasteiger partial charge < -0.3 is 21.1 Å². The van der Waals surface area contributed by atoms with E-state index in [1.807, 2.05) is 14.1 Å². The van der Waals surface area contributed by atoms with Gasteiger partial charge in [0.25, 0.3) is 0 Å². The van der Waals surface area contributed by atoms with E-state index in [0.717, 1.165) is 0 Å². The number of nitrogens with two attached hydrogens (primary N) is 1. The van der Waals surface area contributed by atoms with Crippen molar-refractivity contribution < 1.29 is 70.2 Å². The summed E-state index contributed by atoms with van der Waals surface area (Å²) < 4.78 is 0. The zero-order chi connectivity index (χ0) is 11.3. The summed E-state index contributed by atoms with van der Waals surface area (Å²) in [6.07, 6.45) is 4.12. The van der Waals surface area contributed by atoms with Crippen molar-refractivity contribution in [2.24, 2.45) is 10.9 Å². The zero-order valence-corrected chi connectivity index (χ0v) is 16.2. The van der Waals surface area contributed by atoms with E-state index < -0.39 is 0 Å². The predicted molar refractivity (Wildman–Crippen MR) is 56.0 cm³/mol. The van der Waals surface area contributed by atoms with Crippen LogP contribution in [0.1, 0.15) is 13.8 Å². The number of hydrazone groups is 1. The van der Waals surface area contributed by atoms with Crippen LogP contribution in [0.5, 0.6) is 0 Å². The van der Waals surface area contributed by atoms with Crippen molar-refractivity contribution in [1.29, 1.82) is 0 Å². The maximum Gasteiger partial charge on any atom is 0.0212 e. The number of carbonyl (C=O) groups excluding carboxylic acids is 1. The Morgan fingerprint density at radius 2 is 1.27 bits per heavy atom. The zero-order valence-electron chi connectivity index (χ0n) is 10.5. The van der Waals surface area contributed by atoms with E-state index in [1.165, 1.54) is 18.2 Å². The van der Waals surface area contributed by atoms with Crippen LogP contribution in [0.2, 0.25) is 0 Å². The predicted octanol–water partition coefficient (Wildman–Crippen LogP) is -0.0366. The SMILES string of the molecule is CN(C)N.C[C-]=NN(C)C.C[C-]=O.[Y].[Y]. The Morgan fingerprint density at radius 3 is 1.27 bits per heavy atom. The fourth-order valence-corrected chi connectivity index (χ4v) is 0.200. The molecule has 0 aromatic heterocycles. The number of nitrogens with zero attached hydrogens (tertiary/aromatic N) is 3. The van der Waals surface area contributed by atoms with Crippen molar-refractivity contribution in [3.63, 3.8) is 0 Å². The van der Waals surface area contributed by atoms with Gasteiger partial charge in [0.2, 0.25) is 0 Å². The normalized spacial score (nSPS) is 7.20. The molecule has 2 N–H and O–H groups in total. The number of hydrogen-bond acceptors (Lipinski definition) is 5. The van der Waals surface area contributed by atoms with Gasteiger partial charge in [-0.1, -0.05) is 0 Å². The van der Waals surface area contributed by atoms with E-state index >= 15 is 0 Å². The van der Waals surface area contributed by atoms with Crippen LogP contribution in [0.15, 0.2) is 5.10 Å². The summed E-state index contributed by atoms with van der Waals surface area (Å²) in [6, 6.07) is 0. The Morgan fingerprint density at radius 1 is 1.07 bits per heavy atom. The minimum Gasteiger partial charge on any atom is -0.542 e. The maximum atomic E-state index is 8.68. The largest absolute Gasteiger partial charge is 0.542 e. The fourth-order valence-electron chi connectivity index (χ4n) is 0.200. The van der Waals surface area contributed by atoms with E-state index in [4.69, 9.17) is 10.6 Å². The molecule has 0 aliphatic heterocycles. The molecule has 86 valence electrons. The summed E-state index contributed by atoms with van der Waals surface area (Å²) in [6.45, 7) is 3.08. The first kappa shape index (κ1) is 29.9. The van der Waals surface area contributed by atoms with Crippen LogP contribution in [0.4, 0.5) is 0 Å². The van der Waals surface area contributed by atoms with Crippen molar-refractivity contribution in [3.8, 4) is 0 Å². The van der Waals surface area contributed by atoms with Crippen LogP contribution in [-0.2, 0) is 70.2 Å². The first-order valence-corrected chi connectivity index (χ1v) is 3.67. The first-order valence-electron chi connectivity index (χ1n) is 3.67. The van der Waals surface area contributed by atoms with Crippen LogP contribution >= 0.6 is 0 Å². The standard InChI is InChI=1S/C4H9N2.C2H8N2.C2H3O.2Y/c1-4-5-6(2)3;1-4(2)3;1-2-3;;/h1-3H3;3H2,1-2H3;1H3;;/q-1;;-1;;. The minimum atomic E-state index is 0. The Hall–Kier alpha value is 1.27. The number of rotatable bonds is 1. The summed E-state index contributed by atoms with van der Waals surface area (Å²) in [7, 11) is 7.27. The third-order valence-corrected chi connectivity index (χ3v) is 0.300. The van der Waals surface area contributed by atoms with Crippen molar-refractivity contribution in [2.45, 2.75) is 13.8 Å². The second kappa shape index (κ2) is 29.5. The van der Waals surface area contributed by atoms with Crippen LogP contribution in [0.3, 0.4) is 0 Å². The Kier molecular flexibility index (Phi) is 58.7. The molecule has 0 unspecified atom stereocenters. The van der Waals surface area contributed by atoms with Crippen LogP contribution < -0.4 is 5.84 Å². The molecule has 0 aliphatic rings. The van der Waals surface area contributed by atoms with E-state index in [-0.39, 0.29) is 65.4 Å². The quantitative estimate of drug-likeness (QED) is 0.306. The molecule has 0 amide bonds. The molecule has 0 spiro atoms. The van der Waals surface area contributed by atoms with E-state index in [0.29, 0.717) is 0 Å². The average molecular weight is 366 g/mol. The molecule has 0 aromatic carbocycles. The van der Waals surface area contributed by atoms with Gasteiger partial charge >= 0.3 is 0 Å². The fraction of sp³-hybridized carbons (Fsp3) is 0.750. The van der Waals surface area contributed by atoms with Crippen molar-refractivity contribution in [2.75, 3.05) is 28.2 Å². The average Bonchev–Trinajstić information content (AvgIpc) is 1.86. The summed E-state index contributed by atoms with van der Waals surface area (Å²) in [5.41, 5.74) is 0. The van der Waals surface area contributed by atoms with Gasteiger partial charge in [-0.05, 0) is 0 Å². The number of hydrazine groups is 1. The summed E-state index contributed by atoms with van der Waals surface area (Å²) in [4.78, 5) is 8.68. The summed E-state index contributed by atoms with van der Waals surface area (Å²) in [5, 5.41) is 6.90. The van der Waals surface area contributed by atoms with Gasteiger partial charge in [-0.25, -0.2) is 0 Å². The van der Waals surface area contributed by atoms with Crippen LogP contribution in [0.25, 0.3) is 0 Å². The molecule has 15 heavy (non-hydrogen) atoms. The van der Waals surface area contributed by atoms with Gasteiger partial charge in [-0.15, -0.1) is 0 Å². The number of hydrogen-bond donors (Lipinski definition) is 1. The summed E-state index contributed by atoms with van der Waals surface area (Å²) in [5.74, 6) is 4.94. The van der Waals surface area contributed by atoms with E-state index in [2.05, 4.69) is 11.3 Å². The van der Waals surface area contributed by atoms with E-state index in [1.54, 1.807) is 26.0 Å². The molecular weight excluding hydrogens is 346 g/mol. The van der Waals surface area contributed by atoms with Gasteiger partial charge in [0.05, 0.1) is 0 Å².